The summed E-state index contributed by atoms with van der Waals surface area (Å²) in [5.74, 6) is 0.0926. The number of rotatable bonds is 1. The highest BCUT2D eigenvalue weighted by Crippen LogP contribution is 2.17. The highest BCUT2D eigenvalue weighted by Gasteiger charge is 2.05. The van der Waals surface area contributed by atoms with Crippen LogP contribution in [0.3, 0.4) is 0 Å². The van der Waals surface area contributed by atoms with Crippen LogP contribution in [0.4, 0.5) is 0 Å². The smallest absolute Gasteiger partial charge is 0.160 e. The third-order valence-electron chi connectivity index (χ3n) is 2.33. The summed E-state index contributed by atoms with van der Waals surface area (Å²) in [6, 6.07) is 7.75. The second-order valence-corrected chi connectivity index (χ2v) is 3.42. The van der Waals surface area contributed by atoms with Crippen molar-refractivity contribution in [3.63, 3.8) is 0 Å². The molecule has 70 valence electrons. The Kier molecular flexibility index (Phi) is 2.04. The Morgan fingerprint density at radius 2 is 2.14 bits per heavy atom. The van der Waals surface area contributed by atoms with Gasteiger partial charge >= 0.3 is 0 Å². The first-order valence-electron chi connectivity index (χ1n) is 4.55. The number of aromatic nitrogens is 1. The van der Waals surface area contributed by atoms with Crippen LogP contribution >= 0.6 is 0 Å². The summed E-state index contributed by atoms with van der Waals surface area (Å²) in [6.45, 7) is 3.53. The van der Waals surface area contributed by atoms with E-state index in [-0.39, 0.29) is 5.78 Å². The molecule has 0 spiro atoms. The molecular weight excluding hydrogens is 174 g/mol. The van der Waals surface area contributed by atoms with Gasteiger partial charge in [0.25, 0.3) is 0 Å². The zero-order chi connectivity index (χ0) is 10.1. The number of hydrogen-bond donors (Lipinski definition) is 0. The third kappa shape index (κ3) is 1.39. The first-order chi connectivity index (χ1) is 6.68. The molecule has 2 aromatic rings. The van der Waals surface area contributed by atoms with Crippen molar-refractivity contribution in [2.24, 2.45) is 0 Å². The van der Waals surface area contributed by atoms with Crippen LogP contribution in [0, 0.1) is 6.92 Å². The van der Waals surface area contributed by atoms with Crippen LogP contribution in [0.1, 0.15) is 22.8 Å². The first kappa shape index (κ1) is 8.88. The SMILES string of the molecule is CC(=O)c1cc2ncccc2cc1C. The molecule has 1 aromatic carbocycles. The number of hydrogen-bond acceptors (Lipinski definition) is 2. The Bertz CT molecular complexity index is 503. The zero-order valence-corrected chi connectivity index (χ0v) is 8.24. The van der Waals surface area contributed by atoms with Crippen LogP contribution in [0.15, 0.2) is 30.5 Å². The number of carbonyl (C=O) groups excluding carboxylic acids is 1. The molecule has 2 nitrogen and oxygen atoms in total. The summed E-state index contributed by atoms with van der Waals surface area (Å²) in [5, 5.41) is 1.08. The lowest BCUT2D eigenvalue weighted by atomic mass is 10.0. The highest BCUT2D eigenvalue weighted by atomic mass is 16.1. The van der Waals surface area contributed by atoms with Gasteiger partial charge in [-0.25, -0.2) is 0 Å². The molecule has 1 heterocycles. The van der Waals surface area contributed by atoms with Crippen molar-refractivity contribution in [3.05, 3.63) is 41.6 Å². The minimum Gasteiger partial charge on any atom is -0.294 e. The van der Waals surface area contributed by atoms with Gasteiger partial charge in [-0.2, -0.15) is 0 Å². The minimum absolute atomic E-state index is 0.0926. The van der Waals surface area contributed by atoms with E-state index in [9.17, 15) is 4.79 Å². The average Bonchev–Trinajstić information content (AvgIpc) is 2.16. The molecule has 0 bridgehead atoms. The normalized spacial score (nSPS) is 10.4. The number of pyridine rings is 1. The first-order valence-corrected chi connectivity index (χ1v) is 4.55. The Labute approximate surface area is 82.6 Å². The van der Waals surface area contributed by atoms with E-state index < -0.39 is 0 Å². The molecule has 0 radical (unpaired) electrons. The lowest BCUT2D eigenvalue weighted by molar-refractivity contribution is 0.101. The van der Waals surface area contributed by atoms with Crippen LogP contribution in [-0.4, -0.2) is 10.8 Å². The fourth-order valence-corrected chi connectivity index (χ4v) is 1.61. The largest absolute Gasteiger partial charge is 0.294 e. The maximum absolute atomic E-state index is 11.3. The second-order valence-electron chi connectivity index (χ2n) is 3.42. The molecule has 0 aliphatic heterocycles. The molecule has 0 saturated carbocycles. The molecule has 0 amide bonds. The Morgan fingerprint density at radius 1 is 1.36 bits per heavy atom. The number of ketones is 1. The molecule has 14 heavy (non-hydrogen) atoms. The number of Topliss-reactive ketones (excluding diaryl/α,β-unsaturated/α-hetero) is 1. The van der Waals surface area contributed by atoms with Gasteiger partial charge in [-0.05, 0) is 37.6 Å². The molecule has 0 fully saturated rings. The van der Waals surface area contributed by atoms with Gasteiger partial charge in [-0.3, -0.25) is 9.78 Å². The van der Waals surface area contributed by atoms with Crippen molar-refractivity contribution in [2.45, 2.75) is 13.8 Å². The summed E-state index contributed by atoms with van der Waals surface area (Å²) in [7, 11) is 0. The highest BCUT2D eigenvalue weighted by molar-refractivity contribution is 5.99. The molecule has 0 atom stereocenters. The number of carbonyl (C=O) groups is 1. The van der Waals surface area contributed by atoms with Crippen molar-refractivity contribution >= 4 is 16.7 Å². The predicted molar refractivity (Wildman–Crippen MR) is 56.5 cm³/mol. The molecular formula is C12H11NO. The monoisotopic (exact) mass is 185 g/mol. The van der Waals surface area contributed by atoms with Crippen molar-refractivity contribution in [3.8, 4) is 0 Å². The minimum atomic E-state index is 0.0926. The van der Waals surface area contributed by atoms with Gasteiger partial charge in [0, 0.05) is 17.1 Å². The topological polar surface area (TPSA) is 30.0 Å². The molecule has 1 aromatic heterocycles. The van der Waals surface area contributed by atoms with Crippen molar-refractivity contribution < 1.29 is 4.79 Å². The van der Waals surface area contributed by atoms with E-state index in [0.717, 1.165) is 22.0 Å². The molecule has 2 rings (SSSR count). The van der Waals surface area contributed by atoms with Crippen LogP contribution in [0.2, 0.25) is 0 Å². The average molecular weight is 185 g/mol. The Balaban J connectivity index is 2.77. The zero-order valence-electron chi connectivity index (χ0n) is 8.24. The lowest BCUT2D eigenvalue weighted by Gasteiger charge is -2.03. The van der Waals surface area contributed by atoms with Gasteiger partial charge in [-0.1, -0.05) is 6.07 Å². The number of nitrogens with zero attached hydrogens (tertiary/aromatic N) is 1. The molecule has 0 aliphatic carbocycles. The summed E-state index contributed by atoms with van der Waals surface area (Å²) in [4.78, 5) is 15.5. The molecule has 0 N–H and O–H groups in total. The van der Waals surface area contributed by atoms with E-state index >= 15 is 0 Å². The van der Waals surface area contributed by atoms with E-state index in [2.05, 4.69) is 4.98 Å². The van der Waals surface area contributed by atoms with Gasteiger partial charge in [0.1, 0.15) is 0 Å². The standard InChI is InChI=1S/C12H11NO/c1-8-6-10-4-3-5-13-12(10)7-11(8)9(2)14/h3-7H,1-2H3. The van der Waals surface area contributed by atoms with E-state index in [1.165, 1.54) is 0 Å². The quantitative estimate of drug-likeness (QED) is 0.639. The number of aryl methyl sites for hydroxylation is 1. The molecule has 0 aliphatic rings. The molecule has 0 saturated heterocycles. The van der Waals surface area contributed by atoms with E-state index in [0.29, 0.717) is 0 Å². The maximum atomic E-state index is 11.3. The van der Waals surface area contributed by atoms with Crippen molar-refractivity contribution in [1.29, 1.82) is 0 Å². The summed E-state index contributed by atoms with van der Waals surface area (Å²) in [5.41, 5.74) is 2.65. The lowest BCUT2D eigenvalue weighted by Crippen LogP contribution is -1.96. The van der Waals surface area contributed by atoms with Crippen LogP contribution < -0.4 is 0 Å². The van der Waals surface area contributed by atoms with Crippen LogP contribution in [0.25, 0.3) is 10.9 Å². The maximum Gasteiger partial charge on any atom is 0.160 e. The fraction of sp³-hybridized carbons (Fsp3) is 0.167. The van der Waals surface area contributed by atoms with Gasteiger partial charge < -0.3 is 0 Å². The van der Waals surface area contributed by atoms with Crippen LogP contribution in [0.5, 0.6) is 0 Å². The molecule has 0 unspecified atom stereocenters. The predicted octanol–water partition coefficient (Wildman–Crippen LogP) is 2.75. The Morgan fingerprint density at radius 3 is 2.86 bits per heavy atom. The Hall–Kier alpha value is -1.70. The molecule has 2 heteroatoms. The van der Waals surface area contributed by atoms with Gasteiger partial charge in [0.2, 0.25) is 0 Å². The van der Waals surface area contributed by atoms with Crippen molar-refractivity contribution in [2.75, 3.05) is 0 Å². The number of fused-ring (bicyclic) bond motifs is 1. The van der Waals surface area contributed by atoms with E-state index in [1.807, 2.05) is 31.2 Å². The summed E-state index contributed by atoms with van der Waals surface area (Å²) >= 11 is 0. The van der Waals surface area contributed by atoms with Crippen molar-refractivity contribution in [1.82, 2.24) is 4.98 Å². The van der Waals surface area contributed by atoms with Gasteiger partial charge in [0.05, 0.1) is 5.52 Å². The fourth-order valence-electron chi connectivity index (χ4n) is 1.61. The third-order valence-corrected chi connectivity index (χ3v) is 2.33. The second kappa shape index (κ2) is 3.22. The summed E-state index contributed by atoms with van der Waals surface area (Å²) < 4.78 is 0. The van der Waals surface area contributed by atoms with E-state index in [1.54, 1.807) is 13.1 Å². The van der Waals surface area contributed by atoms with Gasteiger partial charge in [-0.15, -0.1) is 0 Å². The van der Waals surface area contributed by atoms with E-state index in [4.69, 9.17) is 0 Å². The van der Waals surface area contributed by atoms with Gasteiger partial charge in [0.15, 0.2) is 5.78 Å². The number of benzene rings is 1. The summed E-state index contributed by atoms with van der Waals surface area (Å²) in [6.07, 6.45) is 1.74. The van der Waals surface area contributed by atoms with Crippen LogP contribution in [-0.2, 0) is 0 Å².